The highest BCUT2D eigenvalue weighted by Crippen LogP contribution is 2.21. The van der Waals surface area contributed by atoms with Crippen LogP contribution in [0.2, 0.25) is 0 Å². The molecule has 12 heavy (non-hydrogen) atoms. The maximum Gasteiger partial charge on any atom is 0.223 e. The normalized spacial score (nSPS) is 25.3. The third-order valence-electron chi connectivity index (χ3n) is 2.52. The molecule has 3 nitrogen and oxygen atoms in total. The first-order valence-corrected chi connectivity index (χ1v) is 4.74. The van der Waals surface area contributed by atoms with Crippen molar-refractivity contribution in [3.05, 3.63) is 0 Å². The Hall–Kier alpha value is -0.570. The summed E-state index contributed by atoms with van der Waals surface area (Å²) in [5.74, 6) is 0.472. The van der Waals surface area contributed by atoms with Gasteiger partial charge in [-0.05, 0) is 25.7 Å². The molecule has 0 bridgehead atoms. The maximum absolute atomic E-state index is 11.5. The molecule has 2 rings (SSSR count). The Morgan fingerprint density at radius 3 is 2.42 bits per heavy atom. The molecule has 0 radical (unpaired) electrons. The fraction of sp³-hybridized carbons (Fsp3) is 0.889. The van der Waals surface area contributed by atoms with Crippen LogP contribution < -0.4 is 5.32 Å². The number of nitrogens with one attached hydrogen (secondary N) is 1. The predicted octanol–water partition coefficient (Wildman–Crippen LogP) is 0.692. The third-order valence-corrected chi connectivity index (χ3v) is 2.52. The number of carbonyl (C=O) groups is 1. The molecule has 3 heteroatoms. The van der Waals surface area contributed by atoms with E-state index in [-0.39, 0.29) is 11.8 Å². The zero-order chi connectivity index (χ0) is 8.39. The van der Waals surface area contributed by atoms with Crippen LogP contribution in [-0.4, -0.2) is 25.2 Å². The van der Waals surface area contributed by atoms with Crippen LogP contribution in [0.4, 0.5) is 0 Å². The minimum atomic E-state index is 0.222. The van der Waals surface area contributed by atoms with Gasteiger partial charge in [0.25, 0.3) is 0 Å². The summed E-state index contributed by atoms with van der Waals surface area (Å²) in [4.78, 5) is 11.5. The summed E-state index contributed by atoms with van der Waals surface area (Å²) in [6.45, 7) is 1.51. The molecule has 1 saturated heterocycles. The van der Waals surface area contributed by atoms with Gasteiger partial charge in [-0.3, -0.25) is 4.79 Å². The standard InChI is InChI=1S/C9H15NO2/c11-9(10-8-1-2-8)7-3-5-12-6-4-7/h7-8H,1-6H2,(H,10,11). The van der Waals surface area contributed by atoms with Gasteiger partial charge in [-0.25, -0.2) is 0 Å². The van der Waals surface area contributed by atoms with E-state index in [1.165, 1.54) is 12.8 Å². The first-order chi connectivity index (χ1) is 5.86. The van der Waals surface area contributed by atoms with Gasteiger partial charge in [0.05, 0.1) is 0 Å². The highest BCUT2D eigenvalue weighted by Gasteiger charge is 2.28. The van der Waals surface area contributed by atoms with E-state index in [4.69, 9.17) is 4.74 Å². The van der Waals surface area contributed by atoms with Gasteiger partial charge >= 0.3 is 0 Å². The highest BCUT2D eigenvalue weighted by molar-refractivity contribution is 5.79. The van der Waals surface area contributed by atoms with E-state index in [2.05, 4.69) is 5.32 Å². The number of carbonyl (C=O) groups excluding carboxylic acids is 1. The van der Waals surface area contributed by atoms with E-state index in [0.717, 1.165) is 26.1 Å². The van der Waals surface area contributed by atoms with E-state index >= 15 is 0 Å². The largest absolute Gasteiger partial charge is 0.381 e. The highest BCUT2D eigenvalue weighted by atomic mass is 16.5. The molecule has 2 fully saturated rings. The molecule has 1 aliphatic heterocycles. The van der Waals surface area contributed by atoms with Gasteiger partial charge in [0.1, 0.15) is 0 Å². The van der Waals surface area contributed by atoms with Crippen molar-refractivity contribution in [3.8, 4) is 0 Å². The maximum atomic E-state index is 11.5. The van der Waals surface area contributed by atoms with Gasteiger partial charge in [-0.1, -0.05) is 0 Å². The Kier molecular flexibility index (Phi) is 2.30. The molecule has 0 atom stereocenters. The average molecular weight is 169 g/mol. The van der Waals surface area contributed by atoms with Crippen molar-refractivity contribution in [3.63, 3.8) is 0 Å². The van der Waals surface area contributed by atoms with Crippen molar-refractivity contribution < 1.29 is 9.53 Å². The summed E-state index contributed by atoms with van der Waals surface area (Å²) in [7, 11) is 0. The van der Waals surface area contributed by atoms with E-state index in [0.29, 0.717) is 6.04 Å². The zero-order valence-electron chi connectivity index (χ0n) is 7.21. The Morgan fingerprint density at radius 2 is 1.83 bits per heavy atom. The predicted molar refractivity (Wildman–Crippen MR) is 44.7 cm³/mol. The molecule has 0 aromatic rings. The van der Waals surface area contributed by atoms with Crippen molar-refractivity contribution in [2.75, 3.05) is 13.2 Å². The fourth-order valence-corrected chi connectivity index (χ4v) is 1.51. The van der Waals surface area contributed by atoms with Crippen LogP contribution in [0.15, 0.2) is 0 Å². The molecule has 2 aliphatic rings. The average Bonchev–Trinajstić information content (AvgIpc) is 2.90. The second-order valence-electron chi connectivity index (χ2n) is 3.67. The Balaban J connectivity index is 1.76. The van der Waals surface area contributed by atoms with Crippen LogP contribution in [0, 0.1) is 5.92 Å². The van der Waals surface area contributed by atoms with E-state index in [1.54, 1.807) is 0 Å². The number of ether oxygens (including phenoxy) is 1. The minimum Gasteiger partial charge on any atom is -0.381 e. The van der Waals surface area contributed by atoms with Gasteiger partial charge in [0.15, 0.2) is 0 Å². The Bertz CT molecular complexity index is 171. The van der Waals surface area contributed by atoms with Crippen LogP contribution >= 0.6 is 0 Å². The molecule has 0 unspecified atom stereocenters. The first-order valence-electron chi connectivity index (χ1n) is 4.74. The lowest BCUT2D eigenvalue weighted by Crippen LogP contribution is -2.35. The smallest absolute Gasteiger partial charge is 0.223 e. The summed E-state index contributed by atoms with van der Waals surface area (Å²) >= 11 is 0. The van der Waals surface area contributed by atoms with Gasteiger partial charge < -0.3 is 10.1 Å². The Morgan fingerprint density at radius 1 is 1.17 bits per heavy atom. The fourth-order valence-electron chi connectivity index (χ4n) is 1.51. The molecule has 1 amide bonds. The molecule has 68 valence electrons. The van der Waals surface area contributed by atoms with Crippen LogP contribution in [-0.2, 0) is 9.53 Å². The van der Waals surface area contributed by atoms with E-state index in [1.807, 2.05) is 0 Å². The topological polar surface area (TPSA) is 38.3 Å². The summed E-state index contributed by atoms with van der Waals surface area (Å²) in [6.07, 6.45) is 4.15. The number of amides is 1. The van der Waals surface area contributed by atoms with Crippen molar-refractivity contribution >= 4 is 5.91 Å². The SMILES string of the molecule is O=C(NC1CC1)C1CCOCC1. The molecule has 1 N–H and O–H groups in total. The van der Waals surface area contributed by atoms with E-state index in [9.17, 15) is 4.79 Å². The molecule has 0 aromatic heterocycles. The van der Waals surface area contributed by atoms with Gasteiger partial charge in [-0.15, -0.1) is 0 Å². The quantitative estimate of drug-likeness (QED) is 0.660. The summed E-state index contributed by atoms with van der Waals surface area (Å²) < 4.78 is 5.19. The van der Waals surface area contributed by atoms with Crippen LogP contribution in [0.25, 0.3) is 0 Å². The lowest BCUT2D eigenvalue weighted by Gasteiger charge is -2.20. The van der Waals surface area contributed by atoms with Crippen molar-refractivity contribution in [2.24, 2.45) is 5.92 Å². The molecular weight excluding hydrogens is 154 g/mol. The molecule has 1 saturated carbocycles. The van der Waals surface area contributed by atoms with Crippen LogP contribution in [0.1, 0.15) is 25.7 Å². The van der Waals surface area contributed by atoms with Crippen molar-refractivity contribution in [2.45, 2.75) is 31.7 Å². The minimum absolute atomic E-state index is 0.222. The number of rotatable bonds is 2. The van der Waals surface area contributed by atoms with Crippen LogP contribution in [0.3, 0.4) is 0 Å². The molecular formula is C9H15NO2. The van der Waals surface area contributed by atoms with Crippen LogP contribution in [0.5, 0.6) is 0 Å². The zero-order valence-corrected chi connectivity index (χ0v) is 7.21. The molecule has 1 aliphatic carbocycles. The number of hydrogen-bond acceptors (Lipinski definition) is 2. The second-order valence-corrected chi connectivity index (χ2v) is 3.67. The van der Waals surface area contributed by atoms with Crippen molar-refractivity contribution in [1.29, 1.82) is 0 Å². The van der Waals surface area contributed by atoms with Gasteiger partial charge in [-0.2, -0.15) is 0 Å². The second kappa shape index (κ2) is 3.44. The summed E-state index contributed by atoms with van der Waals surface area (Å²) in [5, 5.41) is 3.03. The summed E-state index contributed by atoms with van der Waals surface area (Å²) in [6, 6.07) is 0.500. The lowest BCUT2D eigenvalue weighted by molar-refractivity contribution is -0.127. The first kappa shape index (κ1) is 8.05. The molecule has 1 heterocycles. The molecule has 0 spiro atoms. The Labute approximate surface area is 72.5 Å². The van der Waals surface area contributed by atoms with E-state index < -0.39 is 0 Å². The summed E-state index contributed by atoms with van der Waals surface area (Å²) in [5.41, 5.74) is 0. The molecule has 0 aromatic carbocycles. The lowest BCUT2D eigenvalue weighted by atomic mass is 9.99. The van der Waals surface area contributed by atoms with Crippen molar-refractivity contribution in [1.82, 2.24) is 5.32 Å². The van der Waals surface area contributed by atoms with Gasteiger partial charge in [0.2, 0.25) is 5.91 Å². The van der Waals surface area contributed by atoms with Gasteiger partial charge in [0, 0.05) is 25.2 Å². The monoisotopic (exact) mass is 169 g/mol. The number of hydrogen-bond donors (Lipinski definition) is 1. The third kappa shape index (κ3) is 1.97.